The molecule has 0 fully saturated rings. The second kappa shape index (κ2) is 9.24. The average Bonchev–Trinajstić information content (AvgIpc) is 2.73. The van der Waals surface area contributed by atoms with E-state index in [9.17, 15) is 5.11 Å². The van der Waals surface area contributed by atoms with E-state index in [0.29, 0.717) is 18.1 Å². The summed E-state index contributed by atoms with van der Waals surface area (Å²) in [5.41, 5.74) is 3.13. The highest BCUT2D eigenvalue weighted by molar-refractivity contribution is 5.43. The molecule has 0 spiro atoms. The van der Waals surface area contributed by atoms with Gasteiger partial charge in [0.25, 0.3) is 0 Å². The molecule has 3 nitrogen and oxygen atoms in total. The number of aliphatic hydroxyl groups excluding tert-OH is 1. The van der Waals surface area contributed by atoms with Gasteiger partial charge in [-0.05, 0) is 35.7 Å². The molecular weight excluding hydrogens is 336 g/mol. The molecule has 0 saturated carbocycles. The van der Waals surface area contributed by atoms with Gasteiger partial charge in [0.1, 0.15) is 6.10 Å². The maximum atomic E-state index is 9.47. The zero-order valence-electron chi connectivity index (χ0n) is 15.8. The normalized spacial score (nSPS) is 13.0. The first-order chi connectivity index (χ1) is 13.2. The number of benzene rings is 3. The van der Waals surface area contributed by atoms with Crippen molar-refractivity contribution in [3.8, 4) is 11.5 Å². The lowest BCUT2D eigenvalue weighted by Crippen LogP contribution is -2.09. The van der Waals surface area contributed by atoms with Gasteiger partial charge in [0.05, 0.1) is 13.2 Å². The predicted molar refractivity (Wildman–Crippen MR) is 108 cm³/mol. The molecule has 0 bridgehead atoms. The Bertz CT molecular complexity index is 831. The van der Waals surface area contributed by atoms with Gasteiger partial charge >= 0.3 is 0 Å². The van der Waals surface area contributed by atoms with E-state index in [4.69, 9.17) is 9.47 Å². The van der Waals surface area contributed by atoms with Crippen LogP contribution in [0, 0.1) is 0 Å². The molecule has 0 saturated heterocycles. The fourth-order valence-electron chi connectivity index (χ4n) is 2.94. The first kappa shape index (κ1) is 19.0. The van der Waals surface area contributed by atoms with Gasteiger partial charge in [0.15, 0.2) is 11.5 Å². The minimum Gasteiger partial charge on any atom is -0.489 e. The van der Waals surface area contributed by atoms with E-state index < -0.39 is 0 Å². The average molecular weight is 362 g/mol. The number of aliphatic hydroxyl groups is 1. The number of hydrogen-bond acceptors (Lipinski definition) is 3. The fraction of sp³-hybridized carbons (Fsp3) is 0.250. The molecule has 3 aromatic carbocycles. The molecule has 3 rings (SSSR count). The first-order valence-corrected chi connectivity index (χ1v) is 9.30. The summed E-state index contributed by atoms with van der Waals surface area (Å²) in [6.07, 6.45) is -0.117. The Kier molecular flexibility index (Phi) is 6.50. The van der Waals surface area contributed by atoms with Crippen molar-refractivity contribution in [2.45, 2.75) is 32.5 Å². The van der Waals surface area contributed by atoms with Crippen molar-refractivity contribution in [3.63, 3.8) is 0 Å². The Morgan fingerprint density at radius 2 is 1.41 bits per heavy atom. The molecule has 1 unspecified atom stereocenters. The maximum absolute atomic E-state index is 9.47. The number of hydrogen-bond donors (Lipinski definition) is 1. The molecule has 0 aliphatic heterocycles. The van der Waals surface area contributed by atoms with Gasteiger partial charge in [0.2, 0.25) is 0 Å². The third-order valence-corrected chi connectivity index (χ3v) is 4.62. The molecule has 0 radical (unpaired) electrons. The van der Waals surface area contributed by atoms with Crippen molar-refractivity contribution < 1.29 is 14.6 Å². The summed E-state index contributed by atoms with van der Waals surface area (Å²) in [4.78, 5) is 0. The summed E-state index contributed by atoms with van der Waals surface area (Å²) < 4.78 is 12.3. The largest absolute Gasteiger partial charge is 0.489 e. The summed E-state index contributed by atoms with van der Waals surface area (Å²) >= 11 is 0. The maximum Gasteiger partial charge on any atom is 0.162 e. The predicted octanol–water partition coefficient (Wildman–Crippen LogP) is 5.50. The van der Waals surface area contributed by atoms with E-state index in [-0.39, 0.29) is 18.6 Å². The molecule has 2 atom stereocenters. The van der Waals surface area contributed by atoms with Crippen molar-refractivity contribution in [1.82, 2.24) is 0 Å². The van der Waals surface area contributed by atoms with E-state index in [2.05, 4.69) is 19.1 Å². The van der Waals surface area contributed by atoms with Crippen LogP contribution in [0.3, 0.4) is 0 Å². The summed E-state index contributed by atoms with van der Waals surface area (Å²) in [5.74, 6) is 1.61. The molecule has 0 aliphatic carbocycles. The molecule has 3 heteroatoms. The molecule has 140 valence electrons. The van der Waals surface area contributed by atoms with Crippen LogP contribution in [0.2, 0.25) is 0 Å². The van der Waals surface area contributed by atoms with Gasteiger partial charge < -0.3 is 14.6 Å². The van der Waals surface area contributed by atoms with Gasteiger partial charge in [-0.1, -0.05) is 73.7 Å². The zero-order valence-corrected chi connectivity index (χ0v) is 15.8. The molecular formula is C24H26O3. The van der Waals surface area contributed by atoms with Crippen LogP contribution >= 0.6 is 0 Å². The van der Waals surface area contributed by atoms with E-state index in [1.54, 1.807) is 0 Å². The standard InChI is InChI=1S/C24H26O3/c1-18(21-9-5-3-6-10-21)17-26-23-14-13-20(16-25)15-24(23)27-19(2)22-11-7-4-8-12-22/h3-15,18-19,25H,16-17H2,1-2H3/t18?,19-/m1/s1. The van der Waals surface area contributed by atoms with Crippen molar-refractivity contribution in [3.05, 3.63) is 95.6 Å². The van der Waals surface area contributed by atoms with E-state index in [0.717, 1.165) is 11.1 Å². The highest BCUT2D eigenvalue weighted by Crippen LogP contribution is 2.33. The van der Waals surface area contributed by atoms with Crippen LogP contribution in [0.4, 0.5) is 0 Å². The topological polar surface area (TPSA) is 38.7 Å². The highest BCUT2D eigenvalue weighted by atomic mass is 16.5. The minimum atomic E-state index is -0.117. The zero-order chi connectivity index (χ0) is 19.1. The lowest BCUT2D eigenvalue weighted by Gasteiger charge is -2.20. The van der Waals surface area contributed by atoms with E-state index in [1.165, 1.54) is 5.56 Å². The second-order valence-electron chi connectivity index (χ2n) is 6.73. The Labute approximate surface area is 161 Å². The first-order valence-electron chi connectivity index (χ1n) is 9.30. The Balaban J connectivity index is 1.74. The molecule has 0 amide bonds. The monoisotopic (exact) mass is 362 g/mol. The van der Waals surface area contributed by atoms with Crippen LogP contribution in [0.15, 0.2) is 78.9 Å². The number of ether oxygens (including phenoxy) is 2. The lowest BCUT2D eigenvalue weighted by atomic mass is 10.0. The van der Waals surface area contributed by atoms with Gasteiger partial charge in [-0.25, -0.2) is 0 Å². The number of rotatable bonds is 8. The minimum absolute atomic E-state index is 0.0310. The molecule has 0 aliphatic rings. The summed E-state index contributed by atoms with van der Waals surface area (Å²) in [6, 6.07) is 26.0. The van der Waals surface area contributed by atoms with Crippen LogP contribution in [0.5, 0.6) is 11.5 Å². The SMILES string of the molecule is CC(COc1ccc(CO)cc1O[C@H](C)c1ccccc1)c1ccccc1. The van der Waals surface area contributed by atoms with Crippen LogP contribution < -0.4 is 9.47 Å². The van der Waals surface area contributed by atoms with Gasteiger partial charge in [-0.15, -0.1) is 0 Å². The Morgan fingerprint density at radius 1 is 0.778 bits per heavy atom. The van der Waals surface area contributed by atoms with Crippen LogP contribution in [-0.2, 0) is 6.61 Å². The van der Waals surface area contributed by atoms with Crippen LogP contribution in [0.1, 0.15) is 42.6 Å². The van der Waals surface area contributed by atoms with Gasteiger partial charge in [-0.3, -0.25) is 0 Å². The Morgan fingerprint density at radius 3 is 2.04 bits per heavy atom. The molecule has 1 N–H and O–H groups in total. The fourth-order valence-corrected chi connectivity index (χ4v) is 2.94. The highest BCUT2D eigenvalue weighted by Gasteiger charge is 2.14. The van der Waals surface area contributed by atoms with E-state index >= 15 is 0 Å². The quantitative estimate of drug-likeness (QED) is 0.575. The molecule has 0 heterocycles. The van der Waals surface area contributed by atoms with Crippen molar-refractivity contribution in [1.29, 1.82) is 0 Å². The molecule has 27 heavy (non-hydrogen) atoms. The summed E-state index contributed by atoms with van der Waals surface area (Å²) in [5, 5.41) is 9.47. The second-order valence-corrected chi connectivity index (χ2v) is 6.73. The molecule has 0 aromatic heterocycles. The Hall–Kier alpha value is -2.78. The van der Waals surface area contributed by atoms with Crippen molar-refractivity contribution in [2.75, 3.05) is 6.61 Å². The summed E-state index contributed by atoms with van der Waals surface area (Å²) in [6.45, 7) is 4.68. The van der Waals surface area contributed by atoms with Crippen molar-refractivity contribution in [2.24, 2.45) is 0 Å². The lowest BCUT2D eigenvalue weighted by molar-refractivity contribution is 0.204. The third-order valence-electron chi connectivity index (χ3n) is 4.62. The van der Waals surface area contributed by atoms with Crippen LogP contribution in [-0.4, -0.2) is 11.7 Å². The third kappa shape index (κ3) is 5.11. The van der Waals surface area contributed by atoms with Crippen molar-refractivity contribution >= 4 is 0 Å². The smallest absolute Gasteiger partial charge is 0.162 e. The summed E-state index contributed by atoms with van der Waals surface area (Å²) in [7, 11) is 0. The molecule has 3 aromatic rings. The van der Waals surface area contributed by atoms with Crippen LogP contribution in [0.25, 0.3) is 0 Å². The van der Waals surface area contributed by atoms with Gasteiger partial charge in [-0.2, -0.15) is 0 Å². The van der Waals surface area contributed by atoms with E-state index in [1.807, 2.05) is 73.7 Å². The van der Waals surface area contributed by atoms with Gasteiger partial charge in [0, 0.05) is 5.92 Å².